The number of carbonyl (C=O) groups is 1. The maximum Gasteiger partial charge on any atom is 0.279 e. The van der Waals surface area contributed by atoms with Crippen molar-refractivity contribution >= 4 is 23.0 Å². The van der Waals surface area contributed by atoms with E-state index in [0.29, 0.717) is 6.54 Å². The van der Waals surface area contributed by atoms with Crippen LogP contribution in [0, 0.1) is 0 Å². The average molecular weight is 397 g/mol. The molecule has 0 spiro atoms. The van der Waals surface area contributed by atoms with E-state index in [-0.39, 0.29) is 11.7 Å². The fourth-order valence-corrected chi connectivity index (χ4v) is 4.00. The normalized spacial score (nSPS) is 17.9. The molecule has 3 N–H and O–H groups in total. The van der Waals surface area contributed by atoms with Gasteiger partial charge in [-0.2, -0.15) is 0 Å². The van der Waals surface area contributed by atoms with Crippen LogP contribution in [-0.2, 0) is 9.53 Å². The lowest BCUT2D eigenvalue weighted by molar-refractivity contribution is -0.892. The van der Waals surface area contributed by atoms with Crippen molar-refractivity contribution in [2.75, 3.05) is 74.1 Å². The van der Waals surface area contributed by atoms with Crippen molar-refractivity contribution in [2.24, 2.45) is 0 Å². The van der Waals surface area contributed by atoms with Gasteiger partial charge in [-0.25, -0.2) is 0 Å². The van der Waals surface area contributed by atoms with Gasteiger partial charge in [0.15, 0.2) is 6.54 Å². The molecule has 2 fully saturated rings. The lowest BCUT2D eigenvalue weighted by Gasteiger charge is -2.33. The Kier molecular flexibility index (Phi) is 6.17. The van der Waals surface area contributed by atoms with Crippen LogP contribution >= 0.6 is 0 Å². The van der Waals surface area contributed by atoms with Crippen molar-refractivity contribution in [1.82, 2.24) is 0 Å². The van der Waals surface area contributed by atoms with Gasteiger partial charge in [0.25, 0.3) is 5.91 Å². The minimum atomic E-state index is 0.0544. The average Bonchev–Trinajstić information content (AvgIpc) is 2.76. The van der Waals surface area contributed by atoms with Crippen molar-refractivity contribution in [3.8, 4) is 5.75 Å². The van der Waals surface area contributed by atoms with E-state index in [1.54, 1.807) is 12.1 Å². The van der Waals surface area contributed by atoms with Crippen molar-refractivity contribution in [3.05, 3.63) is 48.5 Å². The number of hydrogen-bond acceptors (Lipinski definition) is 5. The number of aromatic hydroxyl groups is 1. The number of piperazine rings is 1. The van der Waals surface area contributed by atoms with Gasteiger partial charge in [0.05, 0.1) is 50.8 Å². The second-order valence-electron chi connectivity index (χ2n) is 7.59. The molecule has 0 bridgehead atoms. The molecule has 0 aromatic heterocycles. The van der Waals surface area contributed by atoms with E-state index in [4.69, 9.17) is 4.74 Å². The zero-order valence-electron chi connectivity index (χ0n) is 16.6. The third-order valence-electron chi connectivity index (χ3n) is 5.63. The van der Waals surface area contributed by atoms with Crippen LogP contribution in [0.4, 0.5) is 17.1 Å². The standard InChI is InChI=1S/C22H28N4O3/c27-19-7-5-18(6-8-19)25-11-9-24(10-12-25)17-22(28)23-20-3-1-2-4-21(20)26-13-15-29-16-14-26/h1-8,27H,9-17H2,(H,23,28)/p+1. The molecule has 7 heteroatoms. The van der Waals surface area contributed by atoms with E-state index in [9.17, 15) is 9.90 Å². The predicted octanol–water partition coefficient (Wildman–Crippen LogP) is 0.572. The predicted molar refractivity (Wildman–Crippen MR) is 114 cm³/mol. The maximum absolute atomic E-state index is 12.7. The van der Waals surface area contributed by atoms with E-state index >= 15 is 0 Å². The van der Waals surface area contributed by atoms with Gasteiger partial charge in [0, 0.05) is 18.8 Å². The number of nitrogens with zero attached hydrogens (tertiary/aromatic N) is 2. The van der Waals surface area contributed by atoms with Crippen LogP contribution < -0.4 is 20.0 Å². The fraction of sp³-hybridized carbons (Fsp3) is 0.409. The van der Waals surface area contributed by atoms with E-state index in [1.807, 2.05) is 30.3 Å². The minimum absolute atomic E-state index is 0.0544. The summed E-state index contributed by atoms with van der Waals surface area (Å²) in [4.78, 5) is 18.5. The molecule has 0 radical (unpaired) electrons. The van der Waals surface area contributed by atoms with Crippen molar-refractivity contribution in [3.63, 3.8) is 0 Å². The third-order valence-corrected chi connectivity index (χ3v) is 5.63. The summed E-state index contributed by atoms with van der Waals surface area (Å²) >= 11 is 0. The highest BCUT2D eigenvalue weighted by atomic mass is 16.5. The molecule has 2 heterocycles. The summed E-state index contributed by atoms with van der Waals surface area (Å²) in [6, 6.07) is 15.3. The first-order valence-electron chi connectivity index (χ1n) is 10.3. The van der Waals surface area contributed by atoms with Crippen LogP contribution in [0.25, 0.3) is 0 Å². The number of phenols is 1. The molecule has 2 aromatic carbocycles. The first kappa shape index (κ1) is 19.5. The quantitative estimate of drug-likeness (QED) is 0.688. The Labute approximate surface area is 171 Å². The Morgan fingerprint density at radius 2 is 1.66 bits per heavy atom. The number of morpholine rings is 1. The van der Waals surface area contributed by atoms with E-state index < -0.39 is 0 Å². The number of benzene rings is 2. The van der Waals surface area contributed by atoms with Crippen molar-refractivity contribution in [2.45, 2.75) is 0 Å². The summed E-state index contributed by atoms with van der Waals surface area (Å²) in [5, 5.41) is 12.6. The van der Waals surface area contributed by atoms with Crippen molar-refractivity contribution < 1.29 is 19.5 Å². The zero-order chi connectivity index (χ0) is 20.1. The Hall–Kier alpha value is -2.77. The molecule has 2 aromatic rings. The molecule has 0 atom stereocenters. The lowest BCUT2D eigenvalue weighted by atomic mass is 10.2. The molecular weight excluding hydrogens is 368 g/mol. The number of phenolic OH excluding ortho intramolecular Hbond substituents is 1. The number of carbonyl (C=O) groups excluding carboxylic acids is 1. The van der Waals surface area contributed by atoms with Gasteiger partial charge in [-0.05, 0) is 36.4 Å². The summed E-state index contributed by atoms with van der Waals surface area (Å²) in [7, 11) is 0. The number of ether oxygens (including phenoxy) is 1. The highest BCUT2D eigenvalue weighted by Gasteiger charge is 2.23. The topological polar surface area (TPSA) is 69.5 Å². The van der Waals surface area contributed by atoms with Gasteiger partial charge < -0.3 is 29.9 Å². The van der Waals surface area contributed by atoms with E-state index in [1.165, 1.54) is 4.90 Å². The van der Waals surface area contributed by atoms with Gasteiger partial charge in [-0.1, -0.05) is 12.1 Å². The van der Waals surface area contributed by atoms with Gasteiger partial charge in [-0.15, -0.1) is 0 Å². The molecule has 7 nitrogen and oxygen atoms in total. The summed E-state index contributed by atoms with van der Waals surface area (Å²) in [6.07, 6.45) is 0. The molecule has 0 saturated carbocycles. The number of amides is 1. The molecular formula is C22H29N4O3+. The monoisotopic (exact) mass is 397 g/mol. The number of rotatable bonds is 5. The minimum Gasteiger partial charge on any atom is -0.508 e. The summed E-state index contributed by atoms with van der Waals surface area (Å²) in [5.41, 5.74) is 3.06. The first-order valence-corrected chi connectivity index (χ1v) is 10.3. The molecule has 2 saturated heterocycles. The number of para-hydroxylation sites is 2. The first-order chi connectivity index (χ1) is 14.2. The molecule has 2 aliphatic heterocycles. The largest absolute Gasteiger partial charge is 0.508 e. The Morgan fingerprint density at radius 3 is 2.38 bits per heavy atom. The second kappa shape index (κ2) is 9.15. The number of nitrogens with one attached hydrogen (secondary N) is 2. The van der Waals surface area contributed by atoms with Gasteiger partial charge in [-0.3, -0.25) is 4.79 Å². The van der Waals surface area contributed by atoms with Gasteiger partial charge in [0.2, 0.25) is 0 Å². The van der Waals surface area contributed by atoms with Crippen LogP contribution in [0.15, 0.2) is 48.5 Å². The van der Waals surface area contributed by atoms with Gasteiger partial charge in [0.1, 0.15) is 5.75 Å². The Morgan fingerprint density at radius 1 is 0.966 bits per heavy atom. The zero-order valence-corrected chi connectivity index (χ0v) is 16.6. The van der Waals surface area contributed by atoms with Crippen molar-refractivity contribution in [1.29, 1.82) is 0 Å². The highest BCUT2D eigenvalue weighted by molar-refractivity contribution is 5.95. The Bertz CT molecular complexity index is 813. The third kappa shape index (κ3) is 4.99. The Balaban J connectivity index is 1.30. The van der Waals surface area contributed by atoms with E-state index in [0.717, 1.165) is 69.5 Å². The summed E-state index contributed by atoms with van der Waals surface area (Å²) in [6.45, 7) is 7.24. The highest BCUT2D eigenvalue weighted by Crippen LogP contribution is 2.26. The van der Waals surface area contributed by atoms with E-state index in [2.05, 4.69) is 21.2 Å². The van der Waals surface area contributed by atoms with Crippen LogP contribution in [0.1, 0.15) is 0 Å². The SMILES string of the molecule is O=C(C[NH+]1CCN(c2ccc(O)cc2)CC1)Nc1ccccc1N1CCOCC1. The number of hydrogen-bond donors (Lipinski definition) is 3. The number of anilines is 3. The molecule has 4 rings (SSSR count). The van der Waals surface area contributed by atoms with Crippen LogP contribution in [0.5, 0.6) is 5.75 Å². The summed E-state index contributed by atoms with van der Waals surface area (Å²) in [5.74, 6) is 0.339. The molecule has 154 valence electrons. The molecule has 1 amide bonds. The number of quaternary nitrogens is 1. The van der Waals surface area contributed by atoms with Gasteiger partial charge >= 0.3 is 0 Å². The maximum atomic E-state index is 12.7. The molecule has 29 heavy (non-hydrogen) atoms. The van der Waals surface area contributed by atoms with Crippen LogP contribution in [-0.4, -0.2) is 70.0 Å². The smallest absolute Gasteiger partial charge is 0.279 e. The molecule has 0 unspecified atom stereocenters. The molecule has 2 aliphatic rings. The lowest BCUT2D eigenvalue weighted by Crippen LogP contribution is -3.15. The fourth-order valence-electron chi connectivity index (χ4n) is 4.00. The molecule has 0 aliphatic carbocycles. The van der Waals surface area contributed by atoms with Crippen LogP contribution in [0.2, 0.25) is 0 Å². The second-order valence-corrected chi connectivity index (χ2v) is 7.59. The van der Waals surface area contributed by atoms with Crippen LogP contribution in [0.3, 0.4) is 0 Å². The summed E-state index contributed by atoms with van der Waals surface area (Å²) < 4.78 is 5.44.